The van der Waals surface area contributed by atoms with Gasteiger partial charge in [-0.3, -0.25) is 87.5 Å². The van der Waals surface area contributed by atoms with Crippen molar-refractivity contribution in [1.82, 2.24) is 90.0 Å². The largest absolute Gasteiger partial charge is 0.508 e. The van der Waals surface area contributed by atoms with Gasteiger partial charge in [-0.1, -0.05) is 85.6 Å². The Labute approximate surface area is 813 Å². The van der Waals surface area contributed by atoms with E-state index in [0.29, 0.717) is 24.0 Å². The summed E-state index contributed by atoms with van der Waals surface area (Å²) in [4.78, 5) is 243. The van der Waals surface area contributed by atoms with Gasteiger partial charge in [0.25, 0.3) is 0 Å². The van der Waals surface area contributed by atoms with Crippen LogP contribution >= 0.6 is 25.3 Å². The molecule has 1 aliphatic heterocycles. The predicted octanol–water partition coefficient (Wildman–Crippen LogP) is -8.22. The Hall–Kier alpha value is -12.0. The molecule has 0 bridgehead atoms. The lowest BCUT2D eigenvalue weighted by molar-refractivity contribution is -0.142. The van der Waals surface area contributed by atoms with E-state index in [1.165, 1.54) is 67.3 Å². The SMILES string of the molecule is CC[C@H](C)[C@H](NC(=O)[C@@H](NC(=O)[C@@H]1C[C@@H](O)CN1C(=O)[C@@H](N)C(C)(C)C)[C@@H](C)CC)C(=O)N[C@@H](Cc1ccc(O)cc1)C(=O)N[C@H](C(=O)N[C@@H](CC(N)=O)C(=O)N[C@@H](CCCNC(=N)N)C(=O)N[C@@H](CCN)C(=O)N[C@H](C(=O)N[C@H](CCN)C(=O)N[C@@H](CCCCN)C(=O)N[C@@H](CS)C(=O)N[C@@H](CCN)C(=O)N[C@@H](CCCNC(=N)N)C(=O)N[C@@H](Cc1ccc(O)cc1)C(=O)O)[C@@H](C)O)C(C)(C)S. The number of aromatic hydroxyl groups is 2. The minimum atomic E-state index is -1.99. The Balaban J connectivity index is 1.95. The molecule has 0 aromatic heterocycles. The minimum absolute atomic E-state index is 0.0427. The normalized spacial score (nSPS) is 17.0. The highest BCUT2D eigenvalue weighted by molar-refractivity contribution is 7.81. The molecule has 0 aliphatic carbocycles. The van der Waals surface area contributed by atoms with Crippen LogP contribution in [-0.4, -0.2) is 308 Å². The summed E-state index contributed by atoms with van der Waals surface area (Å²) in [5, 5.41) is 107. The molecule has 51 heteroatoms. The highest BCUT2D eigenvalue weighted by atomic mass is 32.1. The van der Waals surface area contributed by atoms with Crippen LogP contribution in [0.2, 0.25) is 0 Å². The number of nitrogens with one attached hydrogen (secondary N) is 18. The standard InChI is InChI=1S/C87H147N27O22S2/c1-11-43(3)63(111-79(131)64(44(4)12-2)110-77(129)61-39-50(118)41-114(61)82(134)66(93)86(6,7)8)78(130)106-57(37-46-20-24-48(116)25-21-46)75(127)113-67(87(9,10)138)81(133)107-58(40-62(92)119)74(126)102-52(18-15-35-98-84(94)95)68(120)103-56(30-34-91)73(125)112-65(45(5)115)80(132)105-55(29-33-90)72(124)100-51(17-13-14-31-88)70(122)109-60(42-137)76(128)104-54(28-32-89)71(123)101-53(19-16-36-99-85(96)97)69(121)108-59(83(135)136)38-47-22-26-49(117)27-23-47/h20-27,43-45,50-61,63-67,115-118,137-138H,11-19,28-42,88-91,93H2,1-10H3,(H2,92,119)(H,100,124)(H,101,123)(H,102,126)(H,103,120)(H,104,128)(H,105,132)(H,106,130)(H,107,133)(H,108,121)(H,109,122)(H,110,129)(H,111,131)(H,112,125)(H,113,127)(H,135,136)(H4,94,95,98)(H4,96,97,99)/t43-,44-,45+,50+,51-,52-,53-,54-,55+,56-,57-,58-,59-,60-,61-,63-,64-,65-,66+,67+/m0/s1. The van der Waals surface area contributed by atoms with E-state index in [1.807, 2.05) is 0 Å². The third kappa shape index (κ3) is 41.0. The van der Waals surface area contributed by atoms with Crippen LogP contribution in [0.4, 0.5) is 0 Å². The molecule has 0 saturated carbocycles. The van der Waals surface area contributed by atoms with E-state index in [4.69, 9.17) is 56.7 Å². The fourth-order valence-electron chi connectivity index (χ4n) is 14.3. The molecule has 0 radical (unpaired) electrons. The number of benzene rings is 2. The first kappa shape index (κ1) is 120. The van der Waals surface area contributed by atoms with E-state index < -0.39 is 262 Å². The zero-order chi connectivity index (χ0) is 104. The summed E-state index contributed by atoms with van der Waals surface area (Å²) in [7, 11) is 0. The topological polar surface area (TPSA) is 843 Å². The molecule has 20 atom stereocenters. The van der Waals surface area contributed by atoms with Crippen molar-refractivity contribution < 1.29 is 107 Å². The number of hydrogen-bond acceptors (Lipinski definition) is 30. The van der Waals surface area contributed by atoms with Gasteiger partial charge < -0.3 is 161 Å². The summed E-state index contributed by atoms with van der Waals surface area (Å²) in [6.45, 7) is 14.8. The van der Waals surface area contributed by atoms with Crippen LogP contribution in [0.5, 0.6) is 11.5 Å². The summed E-state index contributed by atoms with van der Waals surface area (Å²) in [5.41, 5.74) is 46.6. The van der Waals surface area contributed by atoms with Gasteiger partial charge in [0.15, 0.2) is 11.9 Å². The molecule has 774 valence electrons. The number of likely N-dealkylation sites (tertiary alicyclic amines) is 1. The quantitative estimate of drug-likeness (QED) is 0.0127. The van der Waals surface area contributed by atoms with Gasteiger partial charge in [0.05, 0.1) is 24.7 Å². The van der Waals surface area contributed by atoms with E-state index in [0.717, 1.165) is 6.92 Å². The van der Waals surface area contributed by atoms with Gasteiger partial charge >= 0.3 is 5.97 Å². The van der Waals surface area contributed by atoms with Crippen molar-refractivity contribution in [1.29, 1.82) is 10.8 Å². The predicted molar refractivity (Wildman–Crippen MR) is 515 cm³/mol. The number of primary amides is 1. The zero-order valence-corrected chi connectivity index (χ0v) is 81.6. The molecule has 0 unspecified atom stereocenters. The second-order valence-corrected chi connectivity index (χ2v) is 37.3. The lowest BCUT2D eigenvalue weighted by Crippen LogP contribution is -2.64. The maximum Gasteiger partial charge on any atom is 0.326 e. The number of aliphatic hydroxyl groups is 2. The molecule has 1 saturated heterocycles. The molecule has 16 amide bonds. The number of carbonyl (C=O) groups excluding carboxylic acids is 16. The van der Waals surface area contributed by atoms with Crippen LogP contribution in [0, 0.1) is 28.1 Å². The van der Waals surface area contributed by atoms with Crippen LogP contribution in [0.1, 0.15) is 170 Å². The number of guanidine groups is 2. The van der Waals surface area contributed by atoms with E-state index >= 15 is 0 Å². The van der Waals surface area contributed by atoms with Crippen molar-refractivity contribution >= 4 is 138 Å². The highest BCUT2D eigenvalue weighted by Crippen LogP contribution is 2.27. The number of carbonyl (C=O) groups is 17. The van der Waals surface area contributed by atoms with Gasteiger partial charge in [0.1, 0.15) is 102 Å². The van der Waals surface area contributed by atoms with Gasteiger partial charge in [0.2, 0.25) is 94.5 Å². The zero-order valence-electron chi connectivity index (χ0n) is 79.8. The first-order valence-electron chi connectivity index (χ1n) is 45.7. The van der Waals surface area contributed by atoms with Crippen LogP contribution in [0.25, 0.3) is 0 Å². The van der Waals surface area contributed by atoms with Crippen LogP contribution < -0.4 is 131 Å². The van der Waals surface area contributed by atoms with Crippen molar-refractivity contribution in [2.75, 3.05) is 51.6 Å². The maximum absolute atomic E-state index is 15.0. The van der Waals surface area contributed by atoms with Crippen molar-refractivity contribution in [3.05, 3.63) is 59.7 Å². The number of nitrogens with two attached hydrogens (primary N) is 8. The first-order chi connectivity index (χ1) is 64.7. The molecule has 3 rings (SSSR count). The molecule has 0 spiro atoms. The summed E-state index contributed by atoms with van der Waals surface area (Å²) in [6, 6.07) is -14.1. The average Bonchev–Trinajstić information content (AvgIpc) is 1.66. The number of thiol groups is 2. The van der Waals surface area contributed by atoms with Gasteiger partial charge in [-0.2, -0.15) is 25.3 Å². The van der Waals surface area contributed by atoms with E-state index in [-0.39, 0.29) is 134 Å². The number of carboxylic acid groups (broad SMARTS) is 1. The van der Waals surface area contributed by atoms with Crippen molar-refractivity contribution in [2.45, 2.75) is 286 Å². The molecule has 1 aliphatic rings. The Morgan fingerprint density at radius 3 is 1.17 bits per heavy atom. The number of phenolic OH excluding ortho intramolecular Hbond substituents is 2. The molecule has 49 nitrogen and oxygen atoms in total. The van der Waals surface area contributed by atoms with Crippen molar-refractivity contribution in [3.63, 3.8) is 0 Å². The minimum Gasteiger partial charge on any atom is -0.508 e. The number of amides is 16. The van der Waals surface area contributed by atoms with Crippen molar-refractivity contribution in [3.8, 4) is 11.5 Å². The summed E-state index contributed by atoms with van der Waals surface area (Å²) >= 11 is 8.91. The third-order valence-electron chi connectivity index (χ3n) is 22.9. The highest BCUT2D eigenvalue weighted by Gasteiger charge is 2.47. The number of phenols is 2. The van der Waals surface area contributed by atoms with Crippen molar-refractivity contribution in [2.24, 2.45) is 63.1 Å². The number of nitrogens with zero attached hydrogens (tertiary/aromatic N) is 1. The molecule has 1 heterocycles. The molecule has 1 fully saturated rings. The lowest BCUT2D eigenvalue weighted by atomic mass is 9.86. The Morgan fingerprint density at radius 2 is 0.790 bits per heavy atom. The number of aliphatic hydroxyl groups excluding tert-OH is 2. The monoisotopic (exact) mass is 1990 g/mol. The first-order valence-corrected chi connectivity index (χ1v) is 46.8. The number of aliphatic carboxylic acids is 1. The third-order valence-corrected chi connectivity index (χ3v) is 23.5. The van der Waals surface area contributed by atoms with Gasteiger partial charge in [-0.05, 0) is 164 Å². The number of rotatable bonds is 61. The van der Waals surface area contributed by atoms with Gasteiger partial charge in [-0.15, -0.1) is 0 Å². The molecule has 138 heavy (non-hydrogen) atoms. The Bertz CT molecular complexity index is 4440. The lowest BCUT2D eigenvalue weighted by Gasteiger charge is -2.34. The van der Waals surface area contributed by atoms with E-state index in [1.54, 1.807) is 48.5 Å². The fraction of sp³-hybridized carbons (Fsp3) is 0.644. The molecular weight excluding hydrogens is 1840 g/mol. The summed E-state index contributed by atoms with van der Waals surface area (Å²) in [5.74, 6) is -20.6. The smallest absolute Gasteiger partial charge is 0.326 e. The van der Waals surface area contributed by atoms with Gasteiger partial charge in [-0.25, -0.2) is 4.79 Å². The summed E-state index contributed by atoms with van der Waals surface area (Å²) < 4.78 is -1.61. The van der Waals surface area contributed by atoms with E-state index in [9.17, 15) is 107 Å². The van der Waals surface area contributed by atoms with Crippen LogP contribution in [0.3, 0.4) is 0 Å². The number of β-amino-alcohol motifs (C(OH)–C–C–N with tert-alkyl or cyclic N) is 1. The second kappa shape index (κ2) is 59.3. The molecule has 2 aromatic carbocycles. The maximum atomic E-state index is 15.0. The van der Waals surface area contributed by atoms with Gasteiger partial charge in [0, 0.05) is 49.4 Å². The number of hydrogen-bond donors (Lipinski definition) is 33. The van der Waals surface area contributed by atoms with Crippen LogP contribution in [-0.2, 0) is 94.3 Å². The Morgan fingerprint density at radius 1 is 0.449 bits per heavy atom. The van der Waals surface area contributed by atoms with Crippen LogP contribution in [0.15, 0.2) is 48.5 Å². The summed E-state index contributed by atoms with van der Waals surface area (Å²) in [6.07, 6.45) is -5.18. The fourth-order valence-corrected chi connectivity index (χ4v) is 14.8. The van der Waals surface area contributed by atoms with E-state index in [2.05, 4.69) is 110 Å². The molecule has 2 aromatic rings. The molecular formula is C87H147N27O22S2. The number of carboxylic acids is 1. The average molecular weight is 1990 g/mol. The molecule has 39 N–H and O–H groups in total. The number of unbranched alkanes of at least 4 members (excludes halogenated alkanes) is 1. The Kier molecular flexibility index (Phi) is 51.6. The second-order valence-electron chi connectivity index (χ2n) is 35.8.